The third-order valence-electron chi connectivity index (χ3n) is 3.64. The molecule has 1 aromatic rings. The van der Waals surface area contributed by atoms with E-state index in [4.69, 9.17) is 4.74 Å². The number of amides is 1. The maximum Gasteiger partial charge on any atom is 0.259 e. The third-order valence-corrected chi connectivity index (χ3v) is 3.64. The fraction of sp³-hybridized carbons (Fsp3) is 0.533. The number of ether oxygens (including phenoxy) is 1. The molecular weight excluding hydrogens is 240 g/mol. The molecule has 0 heterocycles. The molecule has 0 saturated heterocycles. The van der Waals surface area contributed by atoms with Crippen LogP contribution in [0.3, 0.4) is 0 Å². The van der Waals surface area contributed by atoms with Crippen LogP contribution in [-0.4, -0.2) is 38.6 Å². The van der Waals surface area contributed by atoms with Crippen LogP contribution in [-0.2, 0) is 11.2 Å². The second-order valence-electron chi connectivity index (χ2n) is 5.17. The van der Waals surface area contributed by atoms with E-state index >= 15 is 0 Å². The van der Waals surface area contributed by atoms with Crippen LogP contribution in [0.25, 0.3) is 0 Å². The molecule has 0 radical (unpaired) electrons. The maximum absolute atomic E-state index is 11.5. The van der Waals surface area contributed by atoms with Gasteiger partial charge in [0.15, 0.2) is 6.61 Å². The second kappa shape index (κ2) is 6.06. The van der Waals surface area contributed by atoms with Gasteiger partial charge in [0.25, 0.3) is 5.91 Å². The maximum atomic E-state index is 11.5. The number of carbonyl (C=O) groups is 1. The molecule has 1 atom stereocenters. The minimum atomic E-state index is -0.0251. The predicted octanol–water partition coefficient (Wildman–Crippen LogP) is 1.75. The summed E-state index contributed by atoms with van der Waals surface area (Å²) in [7, 11) is 5.45. The molecule has 1 aliphatic carbocycles. The summed E-state index contributed by atoms with van der Waals surface area (Å²) in [6.45, 7) is 0.0933. The summed E-state index contributed by atoms with van der Waals surface area (Å²) in [5.74, 6) is 0.749. The Morgan fingerprint density at radius 1 is 1.47 bits per heavy atom. The number of rotatable bonds is 4. The van der Waals surface area contributed by atoms with Gasteiger partial charge in [-0.2, -0.15) is 0 Å². The first kappa shape index (κ1) is 13.9. The Morgan fingerprint density at radius 2 is 2.26 bits per heavy atom. The van der Waals surface area contributed by atoms with Crippen LogP contribution < -0.4 is 10.1 Å². The molecule has 4 nitrogen and oxygen atoms in total. The fourth-order valence-corrected chi connectivity index (χ4v) is 2.44. The molecule has 104 valence electrons. The minimum absolute atomic E-state index is 0.0251. The van der Waals surface area contributed by atoms with Crippen LogP contribution in [0.2, 0.25) is 0 Å². The average molecular weight is 262 g/mol. The second-order valence-corrected chi connectivity index (χ2v) is 5.17. The molecule has 2 rings (SSSR count). The fourth-order valence-electron chi connectivity index (χ4n) is 2.44. The number of carbonyl (C=O) groups excluding carboxylic acids is 1. The van der Waals surface area contributed by atoms with E-state index < -0.39 is 0 Å². The lowest BCUT2D eigenvalue weighted by Gasteiger charge is -2.25. The van der Waals surface area contributed by atoms with Crippen LogP contribution in [0.1, 0.15) is 30.0 Å². The SMILES string of the molecule is CNC1CCCc2ccc(OCC(=O)N(C)C)cc21. The number of nitrogens with zero attached hydrogens (tertiary/aromatic N) is 1. The van der Waals surface area contributed by atoms with Gasteiger partial charge in [-0.1, -0.05) is 6.07 Å². The predicted molar refractivity (Wildman–Crippen MR) is 75.4 cm³/mol. The molecule has 1 aliphatic rings. The Bertz CT molecular complexity index is 457. The van der Waals surface area contributed by atoms with Gasteiger partial charge in [0.1, 0.15) is 5.75 Å². The van der Waals surface area contributed by atoms with Crippen molar-refractivity contribution < 1.29 is 9.53 Å². The lowest BCUT2D eigenvalue weighted by molar-refractivity contribution is -0.130. The van der Waals surface area contributed by atoms with Crippen molar-refractivity contribution in [3.8, 4) is 5.75 Å². The Balaban J connectivity index is 2.09. The van der Waals surface area contributed by atoms with Gasteiger partial charge < -0.3 is 15.0 Å². The molecule has 1 N–H and O–H groups in total. The van der Waals surface area contributed by atoms with Crippen molar-refractivity contribution in [2.45, 2.75) is 25.3 Å². The van der Waals surface area contributed by atoms with Crippen molar-refractivity contribution in [2.24, 2.45) is 0 Å². The van der Waals surface area contributed by atoms with Crippen molar-refractivity contribution >= 4 is 5.91 Å². The monoisotopic (exact) mass is 262 g/mol. The Hall–Kier alpha value is -1.55. The average Bonchev–Trinajstić information content (AvgIpc) is 2.43. The Morgan fingerprint density at radius 3 is 2.95 bits per heavy atom. The Labute approximate surface area is 114 Å². The first-order valence-corrected chi connectivity index (χ1v) is 6.75. The molecular formula is C15H22N2O2. The molecule has 1 aromatic carbocycles. The molecule has 19 heavy (non-hydrogen) atoms. The van der Waals surface area contributed by atoms with Gasteiger partial charge in [-0.05, 0) is 49.6 Å². The largest absolute Gasteiger partial charge is 0.484 e. The van der Waals surface area contributed by atoms with Gasteiger partial charge in [0.05, 0.1) is 0 Å². The van der Waals surface area contributed by atoms with Gasteiger partial charge in [0, 0.05) is 20.1 Å². The van der Waals surface area contributed by atoms with Crippen LogP contribution in [0.15, 0.2) is 18.2 Å². The highest BCUT2D eigenvalue weighted by molar-refractivity contribution is 5.77. The van der Waals surface area contributed by atoms with Crippen molar-refractivity contribution in [3.05, 3.63) is 29.3 Å². The van der Waals surface area contributed by atoms with Crippen molar-refractivity contribution in [1.29, 1.82) is 0 Å². The number of fused-ring (bicyclic) bond motifs is 1. The number of benzene rings is 1. The number of aryl methyl sites for hydroxylation is 1. The minimum Gasteiger partial charge on any atom is -0.484 e. The first-order valence-electron chi connectivity index (χ1n) is 6.75. The zero-order chi connectivity index (χ0) is 13.8. The van der Waals surface area contributed by atoms with Crippen LogP contribution >= 0.6 is 0 Å². The molecule has 0 aliphatic heterocycles. The first-order chi connectivity index (χ1) is 9.11. The van der Waals surface area contributed by atoms with Gasteiger partial charge in [-0.25, -0.2) is 0 Å². The highest BCUT2D eigenvalue weighted by Gasteiger charge is 2.19. The van der Waals surface area contributed by atoms with E-state index in [1.54, 1.807) is 14.1 Å². The molecule has 0 saturated carbocycles. The Kier molecular flexibility index (Phi) is 4.43. The molecule has 0 spiro atoms. The highest BCUT2D eigenvalue weighted by atomic mass is 16.5. The zero-order valence-corrected chi connectivity index (χ0v) is 11.9. The van der Waals surface area contributed by atoms with E-state index in [0.29, 0.717) is 6.04 Å². The van der Waals surface area contributed by atoms with E-state index in [1.165, 1.54) is 22.4 Å². The van der Waals surface area contributed by atoms with Gasteiger partial charge >= 0.3 is 0 Å². The standard InChI is InChI=1S/C15H22N2O2/c1-16-14-6-4-5-11-7-8-12(9-13(11)14)19-10-15(18)17(2)3/h7-9,14,16H,4-6,10H2,1-3H3. The lowest BCUT2D eigenvalue weighted by Crippen LogP contribution is -2.27. The topological polar surface area (TPSA) is 41.6 Å². The smallest absolute Gasteiger partial charge is 0.259 e. The number of nitrogens with one attached hydrogen (secondary N) is 1. The molecule has 1 amide bonds. The number of likely N-dealkylation sites (N-methyl/N-ethyl adjacent to an activating group) is 1. The summed E-state index contributed by atoms with van der Waals surface area (Å²) < 4.78 is 5.57. The van der Waals surface area contributed by atoms with Gasteiger partial charge in [0.2, 0.25) is 0 Å². The molecule has 0 fully saturated rings. The molecule has 1 unspecified atom stereocenters. The number of hydrogen-bond donors (Lipinski definition) is 1. The van der Waals surface area contributed by atoms with E-state index in [-0.39, 0.29) is 12.5 Å². The van der Waals surface area contributed by atoms with Crippen LogP contribution in [0.5, 0.6) is 5.75 Å². The van der Waals surface area contributed by atoms with E-state index in [9.17, 15) is 4.79 Å². The van der Waals surface area contributed by atoms with Gasteiger partial charge in [-0.3, -0.25) is 4.79 Å². The quantitative estimate of drug-likeness (QED) is 0.899. The van der Waals surface area contributed by atoms with Crippen molar-refractivity contribution in [2.75, 3.05) is 27.7 Å². The van der Waals surface area contributed by atoms with Gasteiger partial charge in [-0.15, -0.1) is 0 Å². The summed E-state index contributed by atoms with van der Waals surface area (Å²) in [6, 6.07) is 6.55. The normalized spacial score (nSPS) is 17.7. The zero-order valence-electron chi connectivity index (χ0n) is 11.9. The molecule has 4 heteroatoms. The summed E-state index contributed by atoms with van der Waals surface area (Å²) in [5.41, 5.74) is 2.69. The highest BCUT2D eigenvalue weighted by Crippen LogP contribution is 2.32. The molecule has 0 bridgehead atoms. The molecule has 0 aromatic heterocycles. The van der Waals surface area contributed by atoms with Crippen LogP contribution in [0, 0.1) is 0 Å². The summed E-state index contributed by atoms with van der Waals surface area (Å²) in [5, 5.41) is 3.34. The van der Waals surface area contributed by atoms with E-state index in [0.717, 1.165) is 18.6 Å². The van der Waals surface area contributed by atoms with Crippen molar-refractivity contribution in [3.63, 3.8) is 0 Å². The summed E-state index contributed by atoms with van der Waals surface area (Å²) in [4.78, 5) is 13.1. The summed E-state index contributed by atoms with van der Waals surface area (Å²) in [6.07, 6.45) is 3.51. The van der Waals surface area contributed by atoms with E-state index in [1.807, 2.05) is 13.1 Å². The third kappa shape index (κ3) is 3.26. The lowest BCUT2D eigenvalue weighted by atomic mass is 9.87. The summed E-state index contributed by atoms with van der Waals surface area (Å²) >= 11 is 0. The van der Waals surface area contributed by atoms with Crippen LogP contribution in [0.4, 0.5) is 0 Å². The number of hydrogen-bond acceptors (Lipinski definition) is 3. The van der Waals surface area contributed by atoms with Crippen molar-refractivity contribution in [1.82, 2.24) is 10.2 Å². The van der Waals surface area contributed by atoms with E-state index in [2.05, 4.69) is 17.4 Å².